The van der Waals surface area contributed by atoms with Crippen LogP contribution in [0.1, 0.15) is 20.5 Å². The summed E-state index contributed by atoms with van der Waals surface area (Å²) >= 11 is 3.92. The van der Waals surface area contributed by atoms with E-state index in [9.17, 15) is 9.59 Å². The lowest BCUT2D eigenvalue weighted by molar-refractivity contribution is -0.142. The maximum atomic E-state index is 12.9. The fourth-order valence-electron chi connectivity index (χ4n) is 3.99. The van der Waals surface area contributed by atoms with E-state index >= 15 is 0 Å². The van der Waals surface area contributed by atoms with Crippen molar-refractivity contribution in [1.82, 2.24) is 9.80 Å². The summed E-state index contributed by atoms with van der Waals surface area (Å²) in [6.45, 7) is 2.24. The fraction of sp³-hybridized carbons (Fsp3) is 0.391. The number of benzene rings is 2. The summed E-state index contributed by atoms with van der Waals surface area (Å²) in [5, 5.41) is 0. The number of para-hydroxylation sites is 2. The van der Waals surface area contributed by atoms with Crippen molar-refractivity contribution >= 4 is 35.3 Å². The smallest absolute Gasteiger partial charge is 0.267 e. The molecular weight excluding hydrogens is 432 g/mol. The average Bonchev–Trinajstić information content (AvgIpc) is 3.38. The Labute approximate surface area is 190 Å². The molecule has 31 heavy (non-hydrogen) atoms. The molecule has 5 rings (SSSR count). The van der Waals surface area contributed by atoms with Crippen LogP contribution in [0, 0.1) is 0 Å². The third-order valence-electron chi connectivity index (χ3n) is 5.71. The predicted octanol–water partition coefficient (Wildman–Crippen LogP) is 3.29. The van der Waals surface area contributed by atoms with E-state index in [4.69, 9.17) is 9.47 Å². The summed E-state index contributed by atoms with van der Waals surface area (Å²) in [6.07, 6.45) is -0.643. The van der Waals surface area contributed by atoms with Gasteiger partial charge in [0.2, 0.25) is 6.10 Å². The molecule has 0 spiro atoms. The number of amides is 2. The fourth-order valence-corrected chi connectivity index (χ4v) is 6.85. The normalized spacial score (nSPS) is 21.2. The SMILES string of the molecule is O=C(c1ccc(C2SCCS2)cc1)N1CCN(C(=O)[C@@H]2COc3ccccc3O2)CC1. The zero-order chi connectivity index (χ0) is 21.2. The number of ether oxygens (including phenoxy) is 2. The Bertz CT molecular complexity index is 954. The molecule has 0 aromatic heterocycles. The number of fused-ring (bicyclic) bond motifs is 1. The monoisotopic (exact) mass is 456 g/mol. The Kier molecular flexibility index (Phi) is 6.00. The minimum Gasteiger partial charge on any atom is -0.485 e. The first kappa shape index (κ1) is 20.6. The van der Waals surface area contributed by atoms with Gasteiger partial charge < -0.3 is 19.3 Å². The van der Waals surface area contributed by atoms with Crippen LogP contribution < -0.4 is 9.47 Å². The molecule has 2 saturated heterocycles. The molecule has 2 aromatic carbocycles. The van der Waals surface area contributed by atoms with E-state index in [2.05, 4.69) is 12.1 Å². The van der Waals surface area contributed by atoms with Crippen LogP contribution in [0.3, 0.4) is 0 Å². The van der Waals surface area contributed by atoms with Gasteiger partial charge in [-0.15, -0.1) is 23.5 Å². The van der Waals surface area contributed by atoms with Gasteiger partial charge in [-0.1, -0.05) is 24.3 Å². The molecule has 3 aliphatic heterocycles. The van der Waals surface area contributed by atoms with Gasteiger partial charge in [0.1, 0.15) is 6.61 Å². The molecule has 162 valence electrons. The van der Waals surface area contributed by atoms with Crippen molar-refractivity contribution in [3.05, 3.63) is 59.7 Å². The number of carbonyl (C=O) groups is 2. The van der Waals surface area contributed by atoms with Gasteiger partial charge in [-0.05, 0) is 29.8 Å². The Morgan fingerprint density at radius 3 is 2.19 bits per heavy atom. The topological polar surface area (TPSA) is 59.1 Å². The number of piperazine rings is 1. The highest BCUT2D eigenvalue weighted by Gasteiger charge is 2.33. The summed E-state index contributed by atoms with van der Waals surface area (Å²) < 4.78 is 12.0. The molecule has 0 radical (unpaired) electrons. The molecule has 1 atom stereocenters. The van der Waals surface area contributed by atoms with Gasteiger partial charge in [0.25, 0.3) is 11.8 Å². The highest BCUT2D eigenvalue weighted by atomic mass is 32.2. The van der Waals surface area contributed by atoms with E-state index in [-0.39, 0.29) is 18.4 Å². The Morgan fingerprint density at radius 2 is 1.48 bits per heavy atom. The van der Waals surface area contributed by atoms with Crippen molar-refractivity contribution in [3.63, 3.8) is 0 Å². The molecule has 2 fully saturated rings. The van der Waals surface area contributed by atoms with Gasteiger partial charge in [0.15, 0.2) is 11.5 Å². The number of thioether (sulfide) groups is 2. The molecule has 0 saturated carbocycles. The van der Waals surface area contributed by atoms with Gasteiger partial charge in [-0.25, -0.2) is 0 Å². The maximum absolute atomic E-state index is 12.9. The molecule has 3 heterocycles. The number of hydrogen-bond acceptors (Lipinski definition) is 6. The number of carbonyl (C=O) groups excluding carboxylic acids is 2. The molecule has 0 bridgehead atoms. The van der Waals surface area contributed by atoms with Crippen LogP contribution in [0.4, 0.5) is 0 Å². The zero-order valence-electron chi connectivity index (χ0n) is 17.1. The van der Waals surface area contributed by atoms with E-state index in [1.807, 2.05) is 58.8 Å². The third kappa shape index (κ3) is 4.36. The quantitative estimate of drug-likeness (QED) is 0.707. The lowest BCUT2D eigenvalue weighted by Crippen LogP contribution is -2.55. The second kappa shape index (κ2) is 9.04. The molecule has 8 heteroatoms. The minimum absolute atomic E-state index is 0.0246. The molecular formula is C23H24N2O4S2. The Hall–Kier alpha value is -2.32. The van der Waals surface area contributed by atoms with Crippen molar-refractivity contribution in [2.24, 2.45) is 0 Å². The Balaban J connectivity index is 1.16. The first-order chi connectivity index (χ1) is 15.2. The van der Waals surface area contributed by atoms with E-state index in [1.165, 1.54) is 17.1 Å². The highest BCUT2D eigenvalue weighted by Crippen LogP contribution is 2.45. The van der Waals surface area contributed by atoms with Crippen molar-refractivity contribution in [2.45, 2.75) is 10.7 Å². The van der Waals surface area contributed by atoms with Crippen molar-refractivity contribution < 1.29 is 19.1 Å². The zero-order valence-corrected chi connectivity index (χ0v) is 18.7. The summed E-state index contributed by atoms with van der Waals surface area (Å²) in [5.41, 5.74) is 1.98. The molecule has 2 amide bonds. The molecule has 6 nitrogen and oxygen atoms in total. The molecule has 0 aliphatic carbocycles. The number of nitrogens with zero attached hydrogens (tertiary/aromatic N) is 2. The molecule has 2 aromatic rings. The second-order valence-corrected chi connectivity index (χ2v) is 10.4. The number of rotatable bonds is 3. The van der Waals surface area contributed by atoms with Crippen LogP contribution in [-0.2, 0) is 4.79 Å². The van der Waals surface area contributed by atoms with Crippen molar-refractivity contribution in [1.29, 1.82) is 0 Å². The lowest BCUT2D eigenvalue weighted by Gasteiger charge is -2.37. The molecule has 3 aliphatic rings. The largest absolute Gasteiger partial charge is 0.485 e. The van der Waals surface area contributed by atoms with Crippen LogP contribution in [-0.4, -0.2) is 72.0 Å². The molecule has 0 N–H and O–H groups in total. The summed E-state index contributed by atoms with van der Waals surface area (Å²) in [4.78, 5) is 29.4. The van der Waals surface area contributed by atoms with E-state index < -0.39 is 6.10 Å². The summed E-state index contributed by atoms with van der Waals surface area (Å²) in [6, 6.07) is 15.4. The average molecular weight is 457 g/mol. The van der Waals surface area contributed by atoms with Crippen molar-refractivity contribution in [3.8, 4) is 11.5 Å². The number of hydrogen-bond donors (Lipinski definition) is 0. The van der Waals surface area contributed by atoms with Crippen molar-refractivity contribution in [2.75, 3.05) is 44.3 Å². The van der Waals surface area contributed by atoms with Gasteiger partial charge in [-0.2, -0.15) is 0 Å². The van der Waals surface area contributed by atoms with Gasteiger partial charge in [0.05, 0.1) is 4.58 Å². The summed E-state index contributed by atoms with van der Waals surface area (Å²) in [7, 11) is 0. The van der Waals surface area contributed by atoms with Gasteiger partial charge >= 0.3 is 0 Å². The standard InChI is InChI=1S/C23H24N2O4S2/c26-21(16-5-7-17(8-6-16)23-30-13-14-31-23)24-9-11-25(12-10-24)22(27)20-15-28-18-3-1-2-4-19(18)29-20/h1-8,20,23H,9-15H2/t20-/m0/s1. The molecule has 0 unspecified atom stereocenters. The minimum atomic E-state index is -0.643. The predicted molar refractivity (Wildman–Crippen MR) is 123 cm³/mol. The van der Waals surface area contributed by atoms with E-state index in [0.29, 0.717) is 47.8 Å². The van der Waals surface area contributed by atoms with E-state index in [0.717, 1.165) is 0 Å². The lowest BCUT2D eigenvalue weighted by atomic mass is 10.1. The van der Waals surface area contributed by atoms with Crippen LogP contribution in [0.25, 0.3) is 0 Å². The van der Waals surface area contributed by atoms with Crippen LogP contribution >= 0.6 is 23.5 Å². The van der Waals surface area contributed by atoms with Crippen LogP contribution in [0.15, 0.2) is 48.5 Å². The second-order valence-electron chi connectivity index (χ2n) is 7.68. The van der Waals surface area contributed by atoms with Crippen LogP contribution in [0.2, 0.25) is 0 Å². The first-order valence-corrected chi connectivity index (χ1v) is 12.6. The van der Waals surface area contributed by atoms with Gasteiger partial charge in [-0.3, -0.25) is 9.59 Å². The first-order valence-electron chi connectivity index (χ1n) is 10.5. The third-order valence-corrected chi connectivity index (χ3v) is 8.82. The highest BCUT2D eigenvalue weighted by molar-refractivity contribution is 8.19. The van der Waals surface area contributed by atoms with E-state index in [1.54, 1.807) is 11.0 Å². The van der Waals surface area contributed by atoms with Gasteiger partial charge in [0, 0.05) is 43.2 Å². The Morgan fingerprint density at radius 1 is 0.839 bits per heavy atom. The maximum Gasteiger partial charge on any atom is 0.267 e. The van der Waals surface area contributed by atoms with Crippen LogP contribution in [0.5, 0.6) is 11.5 Å². The summed E-state index contributed by atoms with van der Waals surface area (Å²) in [5.74, 6) is 3.57.